The number of aromatic nitrogens is 2. The number of carbonyl (C=O) groups excluding carboxylic acids is 1. The normalized spacial score (nSPS) is 15.8. The van der Waals surface area contributed by atoms with Gasteiger partial charge in [-0.25, -0.2) is 9.78 Å². The number of carbonyl (C=O) groups is 1. The zero-order valence-corrected chi connectivity index (χ0v) is 11.6. The number of imidazole rings is 1. The molecule has 1 atom stereocenters. The maximum absolute atomic E-state index is 12.6. The van der Waals surface area contributed by atoms with Gasteiger partial charge in [0, 0.05) is 25.0 Å². The van der Waals surface area contributed by atoms with E-state index in [9.17, 15) is 4.79 Å². The molecule has 1 amide bonds. The molecule has 1 aromatic heterocycles. The quantitative estimate of drug-likeness (QED) is 0.855. The van der Waals surface area contributed by atoms with Crippen molar-refractivity contribution in [3.63, 3.8) is 0 Å². The van der Waals surface area contributed by atoms with Crippen molar-refractivity contribution in [3.8, 4) is 0 Å². The first-order chi connectivity index (χ1) is 9.75. The summed E-state index contributed by atoms with van der Waals surface area (Å²) in [5.74, 6) is 0.645. The van der Waals surface area contributed by atoms with Gasteiger partial charge in [-0.2, -0.15) is 0 Å². The van der Waals surface area contributed by atoms with E-state index >= 15 is 0 Å². The van der Waals surface area contributed by atoms with Crippen molar-refractivity contribution in [1.82, 2.24) is 14.5 Å². The molecule has 1 fully saturated rings. The Labute approximate surface area is 119 Å². The van der Waals surface area contributed by atoms with Crippen LogP contribution in [0.4, 0.5) is 4.79 Å². The molecule has 0 N–H and O–H groups in total. The van der Waals surface area contributed by atoms with E-state index in [4.69, 9.17) is 0 Å². The molecule has 0 saturated heterocycles. The van der Waals surface area contributed by atoms with Gasteiger partial charge in [0.2, 0.25) is 0 Å². The number of hydrogen-bond donors (Lipinski definition) is 0. The van der Waals surface area contributed by atoms with E-state index in [0.29, 0.717) is 12.5 Å². The molecule has 0 radical (unpaired) electrons. The lowest BCUT2D eigenvalue weighted by molar-refractivity contribution is 0.169. The first-order valence-corrected chi connectivity index (χ1v) is 7.08. The van der Waals surface area contributed by atoms with E-state index in [1.54, 1.807) is 23.3 Å². The van der Waals surface area contributed by atoms with Crippen molar-refractivity contribution < 1.29 is 4.79 Å². The summed E-state index contributed by atoms with van der Waals surface area (Å²) in [6.45, 7) is 2.80. The summed E-state index contributed by atoms with van der Waals surface area (Å²) >= 11 is 0. The third-order valence-corrected chi connectivity index (χ3v) is 3.96. The fourth-order valence-corrected chi connectivity index (χ4v) is 2.52. The van der Waals surface area contributed by atoms with Crippen LogP contribution in [0.1, 0.15) is 25.3 Å². The van der Waals surface area contributed by atoms with Crippen LogP contribution in [0.25, 0.3) is 0 Å². The zero-order valence-electron chi connectivity index (χ0n) is 11.6. The highest BCUT2D eigenvalue weighted by Gasteiger charge is 2.34. The Morgan fingerprint density at radius 2 is 2.15 bits per heavy atom. The molecule has 104 valence electrons. The van der Waals surface area contributed by atoms with Crippen molar-refractivity contribution in [2.45, 2.75) is 32.4 Å². The summed E-state index contributed by atoms with van der Waals surface area (Å²) in [6, 6.07) is 10.4. The lowest BCUT2D eigenvalue weighted by atomic mass is 10.1. The maximum atomic E-state index is 12.6. The molecule has 20 heavy (non-hydrogen) atoms. The number of nitrogens with zero attached hydrogens (tertiary/aromatic N) is 3. The van der Waals surface area contributed by atoms with E-state index in [-0.39, 0.29) is 12.1 Å². The molecule has 0 aliphatic heterocycles. The van der Waals surface area contributed by atoms with Crippen LogP contribution >= 0.6 is 0 Å². The van der Waals surface area contributed by atoms with Crippen molar-refractivity contribution >= 4 is 6.03 Å². The SMILES string of the molecule is CC(C1CC1)N(Cc1ccccc1)C(=O)n1ccnc1. The van der Waals surface area contributed by atoms with Crippen molar-refractivity contribution in [2.75, 3.05) is 0 Å². The Balaban J connectivity index is 1.82. The smallest absolute Gasteiger partial charge is 0.317 e. The van der Waals surface area contributed by atoms with Crippen LogP contribution in [-0.2, 0) is 6.54 Å². The van der Waals surface area contributed by atoms with Crippen LogP contribution in [0.5, 0.6) is 0 Å². The molecule has 1 aliphatic rings. The number of amides is 1. The number of hydrogen-bond acceptors (Lipinski definition) is 2. The zero-order chi connectivity index (χ0) is 13.9. The minimum absolute atomic E-state index is 0.00533. The Morgan fingerprint density at radius 1 is 1.40 bits per heavy atom. The fourth-order valence-electron chi connectivity index (χ4n) is 2.52. The molecule has 1 unspecified atom stereocenters. The Bertz CT molecular complexity index is 561. The van der Waals surface area contributed by atoms with E-state index in [1.165, 1.54) is 12.8 Å². The van der Waals surface area contributed by atoms with Gasteiger partial charge in [-0.3, -0.25) is 4.57 Å². The Hall–Kier alpha value is -2.10. The molecule has 4 heteroatoms. The monoisotopic (exact) mass is 269 g/mol. The molecule has 1 heterocycles. The minimum Gasteiger partial charge on any atom is -0.317 e. The predicted molar refractivity (Wildman–Crippen MR) is 77.2 cm³/mol. The van der Waals surface area contributed by atoms with Crippen molar-refractivity contribution in [2.24, 2.45) is 5.92 Å². The standard InChI is InChI=1S/C16H19N3O/c1-13(15-7-8-15)19(11-14-5-3-2-4-6-14)16(20)18-10-9-17-12-18/h2-6,9-10,12-13,15H,7-8,11H2,1H3. The van der Waals surface area contributed by atoms with Crippen LogP contribution in [0.15, 0.2) is 49.1 Å². The van der Waals surface area contributed by atoms with Gasteiger partial charge in [0.15, 0.2) is 0 Å². The summed E-state index contributed by atoms with van der Waals surface area (Å²) < 4.78 is 1.56. The van der Waals surface area contributed by atoms with Crippen molar-refractivity contribution in [1.29, 1.82) is 0 Å². The van der Waals surface area contributed by atoms with Crippen LogP contribution in [-0.4, -0.2) is 26.5 Å². The molecule has 4 nitrogen and oxygen atoms in total. The lowest BCUT2D eigenvalue weighted by Crippen LogP contribution is -2.41. The van der Waals surface area contributed by atoms with E-state index in [1.807, 2.05) is 23.1 Å². The molecule has 2 aromatic rings. The summed E-state index contributed by atoms with van der Waals surface area (Å²) in [5, 5.41) is 0. The van der Waals surface area contributed by atoms with Gasteiger partial charge in [-0.15, -0.1) is 0 Å². The third-order valence-electron chi connectivity index (χ3n) is 3.96. The summed E-state index contributed by atoms with van der Waals surface area (Å²) in [5.41, 5.74) is 1.16. The topological polar surface area (TPSA) is 38.1 Å². The highest BCUT2D eigenvalue weighted by atomic mass is 16.2. The minimum atomic E-state index is 0.00533. The fraction of sp³-hybridized carbons (Fsp3) is 0.375. The summed E-state index contributed by atoms with van der Waals surface area (Å²) in [4.78, 5) is 18.6. The van der Waals surface area contributed by atoms with Gasteiger partial charge in [-0.1, -0.05) is 30.3 Å². The van der Waals surface area contributed by atoms with Crippen molar-refractivity contribution in [3.05, 3.63) is 54.6 Å². The van der Waals surface area contributed by atoms with Gasteiger partial charge in [0.05, 0.1) is 0 Å². The third kappa shape index (κ3) is 2.74. The van der Waals surface area contributed by atoms with Crippen LogP contribution in [0, 0.1) is 5.92 Å². The van der Waals surface area contributed by atoms with Gasteiger partial charge >= 0.3 is 6.03 Å². The molecule has 1 saturated carbocycles. The highest BCUT2D eigenvalue weighted by Crippen LogP contribution is 2.35. The average molecular weight is 269 g/mol. The first-order valence-electron chi connectivity index (χ1n) is 7.08. The van der Waals surface area contributed by atoms with Crippen LogP contribution in [0.2, 0.25) is 0 Å². The second kappa shape index (κ2) is 5.49. The summed E-state index contributed by atoms with van der Waals surface area (Å²) in [7, 11) is 0. The van der Waals surface area contributed by atoms with Crippen LogP contribution in [0.3, 0.4) is 0 Å². The molecule has 3 rings (SSSR count). The molecular formula is C16H19N3O. The molecule has 0 spiro atoms. The number of benzene rings is 1. The second-order valence-corrected chi connectivity index (χ2v) is 5.44. The highest BCUT2D eigenvalue weighted by molar-refractivity contribution is 5.77. The molecule has 0 bridgehead atoms. The van der Waals surface area contributed by atoms with Gasteiger partial charge < -0.3 is 4.90 Å². The Kier molecular flexibility index (Phi) is 3.54. The lowest BCUT2D eigenvalue weighted by Gasteiger charge is -2.29. The average Bonchev–Trinajstić information content (AvgIpc) is 3.19. The summed E-state index contributed by atoms with van der Waals surface area (Å²) in [6.07, 6.45) is 7.37. The van der Waals surface area contributed by atoms with E-state index in [0.717, 1.165) is 5.56 Å². The van der Waals surface area contributed by atoms with E-state index < -0.39 is 0 Å². The van der Waals surface area contributed by atoms with Crippen LogP contribution < -0.4 is 0 Å². The number of rotatable bonds is 4. The second-order valence-electron chi connectivity index (χ2n) is 5.44. The van der Waals surface area contributed by atoms with Gasteiger partial charge in [0.1, 0.15) is 6.33 Å². The predicted octanol–water partition coefficient (Wildman–Crippen LogP) is 3.15. The Morgan fingerprint density at radius 3 is 2.75 bits per heavy atom. The van der Waals surface area contributed by atoms with Gasteiger partial charge in [0.25, 0.3) is 0 Å². The van der Waals surface area contributed by atoms with E-state index in [2.05, 4.69) is 24.0 Å². The molecule has 1 aliphatic carbocycles. The molecule has 1 aromatic carbocycles. The largest absolute Gasteiger partial charge is 0.329 e. The maximum Gasteiger partial charge on any atom is 0.329 e. The molecular weight excluding hydrogens is 250 g/mol. The first kappa shape index (κ1) is 12.9. The van der Waals surface area contributed by atoms with Gasteiger partial charge in [-0.05, 0) is 31.2 Å².